The van der Waals surface area contributed by atoms with Crippen LogP contribution in [0.3, 0.4) is 0 Å². The summed E-state index contributed by atoms with van der Waals surface area (Å²) in [6.45, 7) is -0.672. The van der Waals surface area contributed by atoms with Gasteiger partial charge in [-0.15, -0.1) is 5.46 Å². The third kappa shape index (κ3) is 6.31. The molecule has 1 saturated heterocycles. The van der Waals surface area contributed by atoms with Gasteiger partial charge in [-0.05, 0) is 63.4 Å². The first-order valence-corrected chi connectivity index (χ1v) is 13.1. The molecule has 1 amide bonds. The Hall–Kier alpha value is -0.889. The average Bonchev–Trinajstić information content (AvgIpc) is 3.18. The maximum absolute atomic E-state index is 13.5. The predicted octanol–water partition coefficient (Wildman–Crippen LogP) is 2.72. The number of nitrogens with zero attached hydrogens (tertiary/aromatic N) is 2. The van der Waals surface area contributed by atoms with Crippen LogP contribution in [0.25, 0.3) is 11.1 Å². The fraction of sp³-hybridized carbons (Fsp3) is 0.296. The van der Waals surface area contributed by atoms with Crippen molar-refractivity contribution in [2.45, 2.75) is 19.4 Å². The van der Waals surface area contributed by atoms with Crippen molar-refractivity contribution in [1.29, 1.82) is 0 Å². The number of fused-ring (bicyclic) bond motifs is 3. The Kier molecular flexibility index (Phi) is 9.52. The van der Waals surface area contributed by atoms with E-state index >= 15 is 0 Å². The van der Waals surface area contributed by atoms with Crippen LogP contribution in [0.5, 0.6) is 0 Å². The molecule has 1 fully saturated rings. The standard InChI is InChI=1S/C27H26BF3IN2O2.K/c1-18-19(14-20(32)15-26(18)28(29,30)31)16-33-10-12-34(13-11-33)27(35)36-17-25-23-8-4-2-6-21(23)22-7-3-5-9-24(22)25;/h2-9,14-15,25H,10-13,16-17H2,1H3;/q-1;+1. The summed E-state index contributed by atoms with van der Waals surface area (Å²) in [5.41, 5.74) is 5.17. The minimum absolute atomic E-state index is 0. The Balaban J connectivity index is 0.00000320. The Morgan fingerprint density at radius 1 is 0.973 bits per heavy atom. The van der Waals surface area contributed by atoms with Crippen LogP contribution >= 0.6 is 22.6 Å². The second-order valence-corrected chi connectivity index (χ2v) is 10.7. The number of carbonyl (C=O) groups is 1. The molecule has 4 nitrogen and oxygen atoms in total. The number of amides is 1. The quantitative estimate of drug-likeness (QED) is 0.317. The van der Waals surface area contributed by atoms with Gasteiger partial charge in [-0.2, -0.15) is 0 Å². The van der Waals surface area contributed by atoms with Gasteiger partial charge in [-0.3, -0.25) is 4.90 Å². The molecule has 1 aliphatic heterocycles. The number of halogens is 4. The summed E-state index contributed by atoms with van der Waals surface area (Å²) < 4.78 is 46.7. The van der Waals surface area contributed by atoms with Gasteiger partial charge in [0, 0.05) is 42.2 Å². The van der Waals surface area contributed by atoms with Crippen LogP contribution in [0.4, 0.5) is 17.7 Å². The molecule has 0 radical (unpaired) electrons. The Morgan fingerprint density at radius 3 is 2.11 bits per heavy atom. The minimum Gasteiger partial charge on any atom is -0.448 e. The fourth-order valence-corrected chi connectivity index (χ4v) is 5.99. The zero-order chi connectivity index (χ0) is 25.4. The van der Waals surface area contributed by atoms with Gasteiger partial charge in [0.1, 0.15) is 6.61 Å². The number of hydrogen-bond acceptors (Lipinski definition) is 3. The summed E-state index contributed by atoms with van der Waals surface area (Å²) in [6, 6.07) is 19.5. The van der Waals surface area contributed by atoms with Crippen molar-refractivity contribution in [2.75, 3.05) is 32.8 Å². The van der Waals surface area contributed by atoms with E-state index in [9.17, 15) is 17.7 Å². The van der Waals surface area contributed by atoms with Crippen LogP contribution in [0.2, 0.25) is 0 Å². The number of benzene rings is 3. The third-order valence-corrected chi connectivity index (χ3v) is 7.86. The molecule has 3 aromatic rings. The van der Waals surface area contributed by atoms with Crippen molar-refractivity contribution >= 4 is 41.1 Å². The molecule has 0 aromatic heterocycles. The van der Waals surface area contributed by atoms with Crippen LogP contribution in [0.1, 0.15) is 28.2 Å². The smallest absolute Gasteiger partial charge is 0.448 e. The fourth-order valence-electron chi connectivity index (χ4n) is 5.28. The van der Waals surface area contributed by atoms with E-state index in [-0.39, 0.29) is 70.0 Å². The monoisotopic (exact) mass is 644 g/mol. The molecule has 5 rings (SSSR count). The van der Waals surface area contributed by atoms with Crippen molar-refractivity contribution in [1.82, 2.24) is 9.80 Å². The minimum atomic E-state index is -5.06. The van der Waals surface area contributed by atoms with Gasteiger partial charge in [0.25, 0.3) is 0 Å². The second-order valence-electron chi connectivity index (χ2n) is 9.42. The number of carbonyl (C=O) groups excluding carboxylic acids is 1. The van der Waals surface area contributed by atoms with E-state index in [0.29, 0.717) is 47.4 Å². The Bertz CT molecular complexity index is 1250. The summed E-state index contributed by atoms with van der Waals surface area (Å²) in [6.07, 6.45) is -0.344. The molecule has 2 aliphatic rings. The molecule has 0 unspecified atom stereocenters. The van der Waals surface area contributed by atoms with Gasteiger partial charge in [0.05, 0.1) is 0 Å². The van der Waals surface area contributed by atoms with E-state index in [0.717, 1.165) is 0 Å². The van der Waals surface area contributed by atoms with Gasteiger partial charge < -0.3 is 22.6 Å². The molecule has 3 aromatic carbocycles. The molecule has 37 heavy (non-hydrogen) atoms. The first-order chi connectivity index (χ1) is 17.2. The van der Waals surface area contributed by atoms with Crippen molar-refractivity contribution in [3.63, 3.8) is 0 Å². The molecule has 188 valence electrons. The number of ether oxygens (including phenoxy) is 1. The summed E-state index contributed by atoms with van der Waals surface area (Å²) in [7, 11) is 0. The number of piperazine rings is 1. The maximum Gasteiger partial charge on any atom is 1.00 e. The Morgan fingerprint density at radius 2 is 1.54 bits per heavy atom. The molecule has 1 aliphatic carbocycles. The maximum atomic E-state index is 13.5. The van der Waals surface area contributed by atoms with Crippen molar-refractivity contribution in [2.24, 2.45) is 0 Å². The molecule has 0 saturated carbocycles. The summed E-state index contributed by atoms with van der Waals surface area (Å²) in [5.74, 6) is 0.00981. The molecular formula is C27H26BF3IKN2O2. The zero-order valence-corrected chi connectivity index (χ0v) is 26.2. The van der Waals surface area contributed by atoms with Crippen LogP contribution < -0.4 is 56.8 Å². The molecule has 0 spiro atoms. The van der Waals surface area contributed by atoms with E-state index in [1.54, 1.807) is 11.8 Å². The van der Waals surface area contributed by atoms with Gasteiger partial charge in [-0.25, -0.2) is 4.79 Å². The van der Waals surface area contributed by atoms with Crippen molar-refractivity contribution < 1.29 is 73.9 Å². The predicted molar refractivity (Wildman–Crippen MR) is 145 cm³/mol. The van der Waals surface area contributed by atoms with E-state index in [1.165, 1.54) is 28.3 Å². The number of hydrogen-bond donors (Lipinski definition) is 0. The van der Waals surface area contributed by atoms with E-state index in [2.05, 4.69) is 29.2 Å². The van der Waals surface area contributed by atoms with E-state index in [4.69, 9.17) is 4.74 Å². The molecule has 1 heterocycles. The first kappa shape index (κ1) is 29.1. The van der Waals surface area contributed by atoms with E-state index < -0.39 is 12.4 Å². The third-order valence-electron chi connectivity index (χ3n) is 7.23. The Labute approximate surface area is 271 Å². The van der Waals surface area contributed by atoms with Gasteiger partial charge in [0.2, 0.25) is 0 Å². The second kappa shape index (κ2) is 12.1. The SMILES string of the molecule is Cc1c(CN2CCN(C(=O)OCC3c4ccccc4-c4ccccc43)CC2)cc(I)cc1[B-](F)(F)F.[K+]. The average molecular weight is 644 g/mol. The van der Waals surface area contributed by atoms with Crippen molar-refractivity contribution in [3.05, 3.63) is 86.5 Å². The zero-order valence-electron chi connectivity index (χ0n) is 20.9. The van der Waals surface area contributed by atoms with Gasteiger partial charge in [-0.1, -0.05) is 60.2 Å². The summed E-state index contributed by atoms with van der Waals surface area (Å²) >= 11 is 1.94. The number of rotatable bonds is 5. The largest absolute Gasteiger partial charge is 1.00 e. The van der Waals surface area contributed by atoms with Crippen LogP contribution in [0.15, 0.2) is 60.7 Å². The topological polar surface area (TPSA) is 32.8 Å². The summed E-state index contributed by atoms with van der Waals surface area (Å²) in [4.78, 5) is 16.6. The normalized spacial score (nSPS) is 15.6. The van der Waals surface area contributed by atoms with Gasteiger partial charge >= 0.3 is 64.5 Å². The van der Waals surface area contributed by atoms with Crippen LogP contribution in [0, 0.1) is 10.5 Å². The molecule has 0 N–H and O–H groups in total. The van der Waals surface area contributed by atoms with Crippen LogP contribution in [-0.4, -0.2) is 55.7 Å². The van der Waals surface area contributed by atoms with Crippen LogP contribution in [-0.2, 0) is 11.3 Å². The summed E-state index contributed by atoms with van der Waals surface area (Å²) in [5, 5.41) is 0. The molecule has 10 heteroatoms. The first-order valence-electron chi connectivity index (χ1n) is 12.0. The van der Waals surface area contributed by atoms with Crippen molar-refractivity contribution in [3.8, 4) is 11.1 Å². The molecular weight excluding hydrogens is 618 g/mol. The van der Waals surface area contributed by atoms with E-state index in [1.807, 2.05) is 52.9 Å². The van der Waals surface area contributed by atoms with Gasteiger partial charge in [0.15, 0.2) is 0 Å². The molecule has 0 bridgehead atoms. The molecule has 0 atom stereocenters.